The Morgan fingerprint density at radius 2 is 1.73 bits per heavy atom. The Kier molecular flexibility index (Phi) is 6.45. The standard InChI is InChI=1S/C22H18N4O5S2/c27-21(23-16-9-4-8-15(13-16)22(28)29)18(12-14-6-2-1-3-7-14)26-33(30,31)19-11-5-10-17-20(19)25-32-24-17/h1-11,13,18,26H,12H2,(H,23,27)(H,28,29). The van der Waals surface area contributed by atoms with Crippen LogP contribution in [0.2, 0.25) is 0 Å². The largest absolute Gasteiger partial charge is 0.478 e. The van der Waals surface area contributed by atoms with Crippen LogP contribution in [-0.2, 0) is 21.2 Å². The number of hydrogen-bond donors (Lipinski definition) is 3. The third-order valence-corrected chi connectivity index (χ3v) is 6.86. The number of anilines is 1. The maximum Gasteiger partial charge on any atom is 0.335 e. The van der Waals surface area contributed by atoms with Crippen LogP contribution in [0.25, 0.3) is 11.0 Å². The Bertz CT molecular complexity index is 1420. The van der Waals surface area contributed by atoms with Gasteiger partial charge >= 0.3 is 5.97 Å². The lowest BCUT2D eigenvalue weighted by Crippen LogP contribution is -2.45. The Morgan fingerprint density at radius 1 is 0.970 bits per heavy atom. The van der Waals surface area contributed by atoms with E-state index in [1.807, 2.05) is 6.07 Å². The summed E-state index contributed by atoms with van der Waals surface area (Å²) in [5.74, 6) is -1.77. The minimum atomic E-state index is -4.14. The predicted octanol–water partition coefficient (Wildman–Crippen LogP) is 2.92. The number of carbonyl (C=O) groups excluding carboxylic acids is 1. The highest BCUT2D eigenvalue weighted by molar-refractivity contribution is 7.89. The van der Waals surface area contributed by atoms with E-state index in [1.165, 1.54) is 30.3 Å². The van der Waals surface area contributed by atoms with Gasteiger partial charge < -0.3 is 10.4 Å². The van der Waals surface area contributed by atoms with Gasteiger partial charge in [-0.15, -0.1) is 0 Å². The number of benzene rings is 3. The fourth-order valence-corrected chi connectivity index (χ4v) is 5.21. The molecule has 0 radical (unpaired) electrons. The molecule has 0 bridgehead atoms. The smallest absolute Gasteiger partial charge is 0.335 e. The zero-order chi connectivity index (χ0) is 23.4. The van der Waals surface area contributed by atoms with Crippen molar-refractivity contribution in [1.29, 1.82) is 0 Å². The van der Waals surface area contributed by atoms with E-state index in [4.69, 9.17) is 0 Å². The summed E-state index contributed by atoms with van der Waals surface area (Å²) in [6.45, 7) is 0. The molecule has 0 aliphatic heterocycles. The van der Waals surface area contributed by atoms with Crippen molar-refractivity contribution in [3.05, 3.63) is 83.9 Å². The number of carboxylic acid groups (broad SMARTS) is 1. The number of hydrogen-bond acceptors (Lipinski definition) is 7. The molecule has 3 N–H and O–H groups in total. The average Bonchev–Trinajstić information content (AvgIpc) is 3.28. The summed E-state index contributed by atoms with van der Waals surface area (Å²) in [7, 11) is -4.14. The maximum atomic E-state index is 13.2. The third kappa shape index (κ3) is 5.22. The van der Waals surface area contributed by atoms with Gasteiger partial charge in [0, 0.05) is 5.69 Å². The van der Waals surface area contributed by atoms with Crippen LogP contribution in [0, 0.1) is 0 Å². The molecule has 1 unspecified atom stereocenters. The Labute approximate surface area is 193 Å². The van der Waals surface area contributed by atoms with Crippen molar-refractivity contribution in [2.75, 3.05) is 5.32 Å². The van der Waals surface area contributed by atoms with E-state index in [-0.39, 0.29) is 28.1 Å². The van der Waals surface area contributed by atoms with Crippen molar-refractivity contribution in [1.82, 2.24) is 13.5 Å². The molecule has 168 valence electrons. The molecule has 1 aromatic heterocycles. The fraction of sp³-hybridized carbons (Fsp3) is 0.0909. The molecule has 1 atom stereocenters. The van der Waals surface area contributed by atoms with Crippen LogP contribution >= 0.6 is 11.7 Å². The molecule has 0 aliphatic rings. The number of amides is 1. The molecule has 4 aromatic rings. The topological polar surface area (TPSA) is 138 Å². The lowest BCUT2D eigenvalue weighted by atomic mass is 10.1. The van der Waals surface area contributed by atoms with Crippen LogP contribution < -0.4 is 10.0 Å². The molecular weight excluding hydrogens is 464 g/mol. The number of aromatic carboxylic acids is 1. The lowest BCUT2D eigenvalue weighted by Gasteiger charge is -2.19. The quantitative estimate of drug-likeness (QED) is 0.351. The minimum Gasteiger partial charge on any atom is -0.478 e. The highest BCUT2D eigenvalue weighted by Crippen LogP contribution is 2.22. The van der Waals surface area contributed by atoms with Crippen LogP contribution in [0.3, 0.4) is 0 Å². The van der Waals surface area contributed by atoms with Gasteiger partial charge in [0.05, 0.1) is 17.3 Å². The van der Waals surface area contributed by atoms with Gasteiger partial charge in [0.25, 0.3) is 0 Å². The van der Waals surface area contributed by atoms with Crippen molar-refractivity contribution < 1.29 is 23.1 Å². The summed E-state index contributed by atoms with van der Waals surface area (Å²) in [6.07, 6.45) is 0.0792. The Balaban J connectivity index is 1.64. The van der Waals surface area contributed by atoms with Gasteiger partial charge in [-0.3, -0.25) is 4.79 Å². The second-order valence-corrected chi connectivity index (χ2v) is 9.34. The SMILES string of the molecule is O=C(O)c1cccc(NC(=O)C(Cc2ccccc2)NS(=O)(=O)c2cccc3nsnc23)c1. The molecular formula is C22H18N4O5S2. The summed E-state index contributed by atoms with van der Waals surface area (Å²) < 4.78 is 37.0. The van der Waals surface area contributed by atoms with Gasteiger partial charge in [0.2, 0.25) is 15.9 Å². The van der Waals surface area contributed by atoms with Crippen molar-refractivity contribution in [2.24, 2.45) is 0 Å². The average molecular weight is 483 g/mol. The van der Waals surface area contributed by atoms with Crippen LogP contribution in [-0.4, -0.2) is 40.2 Å². The molecule has 0 spiro atoms. The number of nitrogens with one attached hydrogen (secondary N) is 2. The van der Waals surface area contributed by atoms with E-state index in [0.29, 0.717) is 5.52 Å². The van der Waals surface area contributed by atoms with E-state index in [0.717, 1.165) is 17.3 Å². The molecule has 1 amide bonds. The van der Waals surface area contributed by atoms with Crippen molar-refractivity contribution in [2.45, 2.75) is 17.4 Å². The van der Waals surface area contributed by atoms with Gasteiger partial charge in [0.15, 0.2) is 0 Å². The van der Waals surface area contributed by atoms with Crippen LogP contribution in [0.1, 0.15) is 15.9 Å². The monoisotopic (exact) mass is 482 g/mol. The predicted molar refractivity (Wildman–Crippen MR) is 124 cm³/mol. The number of aromatic nitrogens is 2. The van der Waals surface area contributed by atoms with Crippen molar-refractivity contribution in [3.8, 4) is 0 Å². The number of rotatable bonds is 8. The molecule has 1 heterocycles. The van der Waals surface area contributed by atoms with Crippen LogP contribution in [0.15, 0.2) is 77.7 Å². The number of fused-ring (bicyclic) bond motifs is 1. The summed E-state index contributed by atoms with van der Waals surface area (Å²) in [4.78, 5) is 24.3. The van der Waals surface area contributed by atoms with E-state index >= 15 is 0 Å². The summed E-state index contributed by atoms with van der Waals surface area (Å²) in [6, 6.07) is 18.1. The van der Waals surface area contributed by atoms with Gasteiger partial charge in [-0.1, -0.05) is 42.5 Å². The van der Waals surface area contributed by atoms with E-state index in [2.05, 4.69) is 18.8 Å². The lowest BCUT2D eigenvalue weighted by molar-refractivity contribution is -0.117. The Morgan fingerprint density at radius 3 is 2.48 bits per heavy atom. The van der Waals surface area contributed by atoms with E-state index in [9.17, 15) is 23.1 Å². The first-order valence-corrected chi connectivity index (χ1v) is 12.0. The molecule has 33 heavy (non-hydrogen) atoms. The zero-order valence-electron chi connectivity index (χ0n) is 17.0. The fourth-order valence-electron chi connectivity index (χ4n) is 3.25. The van der Waals surface area contributed by atoms with E-state index in [1.54, 1.807) is 36.4 Å². The van der Waals surface area contributed by atoms with Gasteiger partial charge in [0.1, 0.15) is 22.0 Å². The third-order valence-electron chi connectivity index (χ3n) is 4.81. The van der Waals surface area contributed by atoms with Gasteiger partial charge in [-0.25, -0.2) is 13.2 Å². The molecule has 0 saturated heterocycles. The molecule has 9 nitrogen and oxygen atoms in total. The maximum absolute atomic E-state index is 13.2. The Hall–Kier alpha value is -3.67. The number of carbonyl (C=O) groups is 2. The zero-order valence-corrected chi connectivity index (χ0v) is 18.6. The number of carboxylic acids is 1. The number of nitrogens with zero attached hydrogens (tertiary/aromatic N) is 2. The molecule has 0 fully saturated rings. The van der Waals surface area contributed by atoms with Gasteiger partial charge in [-0.05, 0) is 42.3 Å². The first kappa shape index (κ1) is 22.5. The summed E-state index contributed by atoms with van der Waals surface area (Å²) in [5.41, 5.74) is 1.65. The molecule has 0 aliphatic carbocycles. The normalized spacial score (nSPS) is 12.4. The van der Waals surface area contributed by atoms with E-state index < -0.39 is 27.9 Å². The summed E-state index contributed by atoms with van der Waals surface area (Å²) >= 11 is 0.897. The molecule has 0 saturated carbocycles. The van der Waals surface area contributed by atoms with Gasteiger partial charge in [-0.2, -0.15) is 13.5 Å². The molecule has 4 rings (SSSR count). The second-order valence-electron chi connectivity index (χ2n) is 7.13. The second kappa shape index (κ2) is 9.45. The number of sulfonamides is 1. The highest BCUT2D eigenvalue weighted by atomic mass is 32.2. The van der Waals surface area contributed by atoms with Crippen LogP contribution in [0.5, 0.6) is 0 Å². The first-order valence-electron chi connectivity index (χ1n) is 9.75. The van der Waals surface area contributed by atoms with Crippen molar-refractivity contribution >= 4 is 50.3 Å². The minimum absolute atomic E-state index is 0.00398. The molecule has 3 aromatic carbocycles. The summed E-state index contributed by atoms with van der Waals surface area (Å²) in [5, 5.41) is 11.8. The van der Waals surface area contributed by atoms with Crippen molar-refractivity contribution in [3.63, 3.8) is 0 Å². The van der Waals surface area contributed by atoms with Crippen LogP contribution in [0.4, 0.5) is 5.69 Å². The first-order chi connectivity index (χ1) is 15.8. The highest BCUT2D eigenvalue weighted by Gasteiger charge is 2.28. The molecule has 11 heteroatoms.